The van der Waals surface area contributed by atoms with Gasteiger partial charge in [-0.15, -0.1) is 6.42 Å². The largest absolute Gasteiger partial charge is 0.392 e. The van der Waals surface area contributed by atoms with E-state index in [9.17, 15) is 5.11 Å². The van der Waals surface area contributed by atoms with Crippen molar-refractivity contribution in [2.45, 2.75) is 46.1 Å². The first-order chi connectivity index (χ1) is 5.04. The van der Waals surface area contributed by atoms with Crippen LogP contribution in [0.4, 0.5) is 0 Å². The van der Waals surface area contributed by atoms with Crippen molar-refractivity contribution in [2.75, 3.05) is 0 Å². The van der Waals surface area contributed by atoms with Crippen LogP contribution in [0.2, 0.25) is 0 Å². The molecule has 0 amide bonds. The monoisotopic (exact) mass is 154 g/mol. The molecule has 0 aliphatic carbocycles. The van der Waals surface area contributed by atoms with Crippen LogP contribution in [-0.2, 0) is 0 Å². The molecule has 1 heteroatoms. The molecule has 0 aromatic carbocycles. The first kappa shape index (κ1) is 10.5. The Morgan fingerprint density at radius 3 is 2.45 bits per heavy atom. The molecule has 0 aliphatic heterocycles. The molecule has 1 N–H and O–H groups in total. The summed E-state index contributed by atoms with van der Waals surface area (Å²) in [6.45, 7) is 5.90. The Kier molecular flexibility index (Phi) is 4.22. The van der Waals surface area contributed by atoms with Crippen LogP contribution in [0.15, 0.2) is 0 Å². The van der Waals surface area contributed by atoms with Crippen molar-refractivity contribution in [1.82, 2.24) is 0 Å². The highest BCUT2D eigenvalue weighted by molar-refractivity contribution is 5.04. The summed E-state index contributed by atoms with van der Waals surface area (Å²) in [6, 6.07) is 0. The zero-order chi connectivity index (χ0) is 8.91. The molecule has 0 saturated carbocycles. The highest BCUT2D eigenvalue weighted by Crippen LogP contribution is 2.22. The van der Waals surface area contributed by atoms with E-state index in [1.165, 1.54) is 0 Å². The summed E-state index contributed by atoms with van der Waals surface area (Å²) in [5, 5.41) is 9.57. The second-order valence-electron chi connectivity index (χ2n) is 3.52. The Morgan fingerprint density at radius 2 is 2.09 bits per heavy atom. The average molecular weight is 154 g/mol. The fraction of sp³-hybridized carbons (Fsp3) is 0.800. The number of unbranched alkanes of at least 4 members (excludes halogenated alkanes) is 1. The van der Waals surface area contributed by atoms with Gasteiger partial charge >= 0.3 is 0 Å². The van der Waals surface area contributed by atoms with Crippen LogP contribution in [0.1, 0.15) is 40.0 Å². The minimum absolute atomic E-state index is 0.354. The molecular weight excluding hydrogens is 136 g/mol. The highest BCUT2D eigenvalue weighted by atomic mass is 16.3. The molecule has 0 heterocycles. The molecule has 0 spiro atoms. The van der Waals surface area contributed by atoms with Crippen molar-refractivity contribution < 1.29 is 5.11 Å². The van der Waals surface area contributed by atoms with E-state index in [0.717, 1.165) is 19.3 Å². The van der Waals surface area contributed by atoms with E-state index in [-0.39, 0.29) is 11.5 Å². The molecule has 0 aromatic heterocycles. The quantitative estimate of drug-likeness (QED) is 0.615. The van der Waals surface area contributed by atoms with Gasteiger partial charge in [0, 0.05) is 0 Å². The van der Waals surface area contributed by atoms with Gasteiger partial charge in [-0.1, -0.05) is 25.7 Å². The van der Waals surface area contributed by atoms with Crippen molar-refractivity contribution in [3.8, 4) is 12.3 Å². The Morgan fingerprint density at radius 1 is 1.55 bits per heavy atom. The summed E-state index contributed by atoms with van der Waals surface area (Å²) in [7, 11) is 0. The summed E-state index contributed by atoms with van der Waals surface area (Å²) in [5.41, 5.74) is -0.366. The van der Waals surface area contributed by atoms with Crippen LogP contribution in [-0.4, -0.2) is 11.2 Å². The van der Waals surface area contributed by atoms with Gasteiger partial charge in [0.1, 0.15) is 0 Å². The van der Waals surface area contributed by atoms with E-state index in [1.54, 1.807) is 0 Å². The number of hydrogen-bond donors (Lipinski definition) is 1. The number of aliphatic hydroxyl groups is 1. The van der Waals surface area contributed by atoms with Crippen LogP contribution in [0.3, 0.4) is 0 Å². The maximum atomic E-state index is 9.57. The first-order valence-electron chi connectivity index (χ1n) is 4.20. The lowest BCUT2D eigenvalue weighted by atomic mass is 9.85. The predicted octanol–water partition coefficient (Wildman–Crippen LogP) is 2.20. The van der Waals surface area contributed by atoms with Crippen LogP contribution in [0.5, 0.6) is 0 Å². The molecule has 0 fully saturated rings. The van der Waals surface area contributed by atoms with E-state index in [2.05, 4.69) is 12.8 Å². The summed E-state index contributed by atoms with van der Waals surface area (Å²) in [6.07, 6.45) is 7.88. The third-order valence-electron chi connectivity index (χ3n) is 2.04. The van der Waals surface area contributed by atoms with Crippen LogP contribution < -0.4 is 0 Å². The standard InChI is InChI=1S/C10H18O/c1-5-7-8-9(11)10(3,4)6-2/h2,9,11H,5,7-8H2,1,3-4H3. The van der Waals surface area contributed by atoms with E-state index >= 15 is 0 Å². The number of aliphatic hydroxyl groups excluding tert-OH is 1. The maximum Gasteiger partial charge on any atom is 0.0700 e. The molecule has 0 saturated heterocycles. The lowest BCUT2D eigenvalue weighted by molar-refractivity contribution is 0.0776. The molecule has 0 aromatic rings. The Hall–Kier alpha value is -0.480. The molecule has 1 nitrogen and oxygen atoms in total. The van der Waals surface area contributed by atoms with Gasteiger partial charge in [0.25, 0.3) is 0 Å². The Balaban J connectivity index is 3.83. The number of rotatable bonds is 4. The van der Waals surface area contributed by atoms with Crippen molar-refractivity contribution in [3.05, 3.63) is 0 Å². The van der Waals surface area contributed by atoms with Gasteiger partial charge in [0.2, 0.25) is 0 Å². The molecule has 0 bridgehead atoms. The molecule has 0 aliphatic rings. The third kappa shape index (κ3) is 3.43. The lowest BCUT2D eigenvalue weighted by Gasteiger charge is -2.24. The fourth-order valence-corrected chi connectivity index (χ4v) is 0.855. The van der Waals surface area contributed by atoms with E-state index in [1.807, 2.05) is 13.8 Å². The van der Waals surface area contributed by atoms with E-state index in [4.69, 9.17) is 6.42 Å². The van der Waals surface area contributed by atoms with Crippen molar-refractivity contribution in [2.24, 2.45) is 5.41 Å². The van der Waals surface area contributed by atoms with Crippen molar-refractivity contribution in [3.63, 3.8) is 0 Å². The minimum atomic E-state index is -0.366. The van der Waals surface area contributed by atoms with Crippen LogP contribution in [0, 0.1) is 17.8 Å². The van der Waals surface area contributed by atoms with Crippen LogP contribution in [0.25, 0.3) is 0 Å². The summed E-state index contributed by atoms with van der Waals surface area (Å²) >= 11 is 0. The number of hydrogen-bond acceptors (Lipinski definition) is 1. The Bertz CT molecular complexity index is 141. The van der Waals surface area contributed by atoms with Gasteiger partial charge in [-0.25, -0.2) is 0 Å². The molecule has 1 unspecified atom stereocenters. The first-order valence-corrected chi connectivity index (χ1v) is 4.20. The molecule has 0 radical (unpaired) electrons. The van der Waals surface area contributed by atoms with E-state index in [0.29, 0.717) is 0 Å². The highest BCUT2D eigenvalue weighted by Gasteiger charge is 2.24. The zero-order valence-electron chi connectivity index (χ0n) is 7.72. The van der Waals surface area contributed by atoms with E-state index < -0.39 is 0 Å². The second-order valence-corrected chi connectivity index (χ2v) is 3.52. The summed E-state index contributed by atoms with van der Waals surface area (Å²) in [5.74, 6) is 2.60. The molecule has 11 heavy (non-hydrogen) atoms. The van der Waals surface area contributed by atoms with Crippen LogP contribution >= 0.6 is 0 Å². The van der Waals surface area contributed by atoms with Crippen molar-refractivity contribution in [1.29, 1.82) is 0 Å². The molecule has 0 rings (SSSR count). The maximum absolute atomic E-state index is 9.57. The molecule has 64 valence electrons. The summed E-state index contributed by atoms with van der Waals surface area (Å²) in [4.78, 5) is 0. The zero-order valence-corrected chi connectivity index (χ0v) is 7.72. The molecule has 1 atom stereocenters. The predicted molar refractivity (Wildman–Crippen MR) is 48.1 cm³/mol. The van der Waals surface area contributed by atoms with Gasteiger partial charge < -0.3 is 5.11 Å². The number of terminal acetylenes is 1. The van der Waals surface area contributed by atoms with Gasteiger partial charge in [0.15, 0.2) is 0 Å². The minimum Gasteiger partial charge on any atom is -0.392 e. The molecular formula is C10H18O. The third-order valence-corrected chi connectivity index (χ3v) is 2.04. The van der Waals surface area contributed by atoms with Gasteiger partial charge in [-0.3, -0.25) is 0 Å². The smallest absolute Gasteiger partial charge is 0.0700 e. The van der Waals surface area contributed by atoms with Gasteiger partial charge in [-0.05, 0) is 20.3 Å². The topological polar surface area (TPSA) is 20.2 Å². The Labute approximate surface area is 69.8 Å². The fourth-order valence-electron chi connectivity index (χ4n) is 0.855. The van der Waals surface area contributed by atoms with Crippen molar-refractivity contribution >= 4 is 0 Å². The average Bonchev–Trinajstić information content (AvgIpc) is 2.00. The lowest BCUT2D eigenvalue weighted by Crippen LogP contribution is -2.27. The van der Waals surface area contributed by atoms with Gasteiger partial charge in [0.05, 0.1) is 11.5 Å². The normalized spacial score (nSPS) is 14.1. The van der Waals surface area contributed by atoms with Gasteiger partial charge in [-0.2, -0.15) is 0 Å². The summed E-state index contributed by atoms with van der Waals surface area (Å²) < 4.78 is 0. The second kappa shape index (κ2) is 4.41. The SMILES string of the molecule is C#CC(C)(C)C(O)CCCC.